The zero-order valence-corrected chi connectivity index (χ0v) is 28.3. The number of aliphatic hydroxyl groups excluding tert-OH is 1. The molecule has 0 aliphatic carbocycles. The molecule has 0 bridgehead atoms. The molecule has 8 N–H and O–H groups in total. The van der Waals surface area contributed by atoms with Crippen LogP contribution in [0.15, 0.2) is 0 Å². The topological polar surface area (TPSA) is 276 Å². The smallest absolute Gasteiger partial charge is 0.350 e. The molecule has 0 saturated carbocycles. The molecule has 0 fully saturated rings. The molecule has 0 aliphatic rings. The third-order valence-electron chi connectivity index (χ3n) is 3.59. The van der Waals surface area contributed by atoms with Gasteiger partial charge in [0, 0.05) is 32.4 Å². The van der Waals surface area contributed by atoms with Gasteiger partial charge in [0.05, 0.1) is 25.9 Å². The van der Waals surface area contributed by atoms with Gasteiger partial charge >= 0.3 is 22.8 Å². The number of aliphatic hydroxyl groups is 1. The maximum atomic E-state index is 10.7. The molecule has 21 heteroatoms. The zero-order valence-electron chi connectivity index (χ0n) is 24.7. The quantitative estimate of drug-likeness (QED) is 0.0709. The van der Waals surface area contributed by atoms with Gasteiger partial charge in [0.15, 0.2) is 0 Å². The average molecular weight is 705 g/mol. The summed E-state index contributed by atoms with van der Waals surface area (Å²) in [5, 5.41) is 8.55. The van der Waals surface area contributed by atoms with Crippen LogP contribution in [0.5, 0.6) is 0 Å². The van der Waals surface area contributed by atoms with E-state index < -0.39 is 49.2 Å². The molecule has 0 radical (unpaired) electrons. The highest BCUT2D eigenvalue weighted by Crippen LogP contribution is 2.35. The number of hydrogen-bond acceptors (Lipinski definition) is 10. The van der Waals surface area contributed by atoms with Crippen LogP contribution in [0.2, 0.25) is 0 Å². The third-order valence-corrected chi connectivity index (χ3v) is 5.78. The first-order valence-electron chi connectivity index (χ1n) is 12.5. The van der Waals surface area contributed by atoms with Crippen LogP contribution in [0.1, 0.15) is 54.9 Å². The van der Waals surface area contributed by atoms with E-state index in [1.807, 2.05) is 20.8 Å². The molecule has 3 atom stereocenters. The van der Waals surface area contributed by atoms with Crippen molar-refractivity contribution in [3.63, 3.8) is 0 Å². The van der Waals surface area contributed by atoms with Crippen molar-refractivity contribution in [3.8, 4) is 0 Å². The predicted octanol–water partition coefficient (Wildman–Crippen LogP) is 2.78. The normalized spacial score (nSPS) is 14.3. The van der Waals surface area contributed by atoms with Crippen molar-refractivity contribution < 1.29 is 81.3 Å². The molecule has 2 unspecified atom stereocenters. The van der Waals surface area contributed by atoms with Gasteiger partial charge < -0.3 is 63.0 Å². The standard InChI is InChI=1S/C6H15O4P.C5H13O5P.C5H13O4P.C4H11O4P.CH4/c1-6(3-7)4-10-5-11(2,8)9;1-2-9-3-4-10-5-11(6,7)8;1-3-5(2)9-4-10(6,7)8;1-2-3-8-4-9(5,6)7;/h6-7H,3-5H2,1-2H3,(H,8,9);2-5H2,1H3,(H2,6,7,8);5H,3-4H2,1-2H3,(H2,6,7,8);2-4H2,1H3,(H2,5,6,7);1H4/t;;5-;;/m..0../s1. The van der Waals surface area contributed by atoms with Crippen molar-refractivity contribution in [2.75, 3.05) is 71.7 Å². The summed E-state index contributed by atoms with van der Waals surface area (Å²) in [6.45, 7) is 12.4. The fourth-order valence-corrected chi connectivity index (χ4v) is 3.22. The molecule has 262 valence electrons. The minimum Gasteiger partial charge on any atom is -0.396 e. The highest BCUT2D eigenvalue weighted by molar-refractivity contribution is 7.56. The Labute approximate surface area is 250 Å². The fraction of sp³-hybridized carbons (Fsp3) is 1.00. The first-order chi connectivity index (χ1) is 18.5. The van der Waals surface area contributed by atoms with Gasteiger partial charge in [0.1, 0.15) is 25.4 Å². The highest BCUT2D eigenvalue weighted by Gasteiger charge is 2.14. The first-order valence-corrected chi connectivity index (χ1v) is 20.2. The molecule has 0 rings (SSSR count). The lowest BCUT2D eigenvalue weighted by Gasteiger charge is -2.10. The van der Waals surface area contributed by atoms with E-state index in [9.17, 15) is 18.3 Å². The molecular formula is C21H56O17P4. The minimum atomic E-state index is -3.99. The average Bonchev–Trinajstić information content (AvgIpc) is 2.81. The second-order valence-corrected chi connectivity index (χ2v) is 15.7. The Morgan fingerprint density at radius 1 is 0.643 bits per heavy atom. The summed E-state index contributed by atoms with van der Waals surface area (Å²) in [5.74, 6) is 0.0292. The Balaban J connectivity index is -0.000000144. The molecule has 0 spiro atoms. The Kier molecular flexibility index (Phi) is 37.2. The molecule has 0 amide bonds. The van der Waals surface area contributed by atoms with Crippen molar-refractivity contribution in [1.29, 1.82) is 0 Å². The van der Waals surface area contributed by atoms with Crippen LogP contribution in [0, 0.1) is 5.92 Å². The molecule has 42 heavy (non-hydrogen) atoms. The maximum Gasteiger partial charge on any atom is 0.350 e. The Hall–Kier alpha value is 0.400. The van der Waals surface area contributed by atoms with E-state index >= 15 is 0 Å². The van der Waals surface area contributed by atoms with Gasteiger partial charge in [-0.05, 0) is 26.7 Å². The van der Waals surface area contributed by atoms with Gasteiger partial charge in [-0.3, -0.25) is 18.3 Å². The van der Waals surface area contributed by atoms with Crippen LogP contribution < -0.4 is 0 Å². The second kappa shape index (κ2) is 30.1. The van der Waals surface area contributed by atoms with E-state index in [0.717, 1.165) is 12.8 Å². The number of hydrogen-bond donors (Lipinski definition) is 8. The summed E-state index contributed by atoms with van der Waals surface area (Å²) >= 11 is 0. The van der Waals surface area contributed by atoms with Gasteiger partial charge in [0.25, 0.3) is 0 Å². The van der Waals surface area contributed by atoms with Crippen LogP contribution in [0.3, 0.4) is 0 Å². The summed E-state index contributed by atoms with van der Waals surface area (Å²) in [6, 6.07) is 0. The van der Waals surface area contributed by atoms with Crippen molar-refractivity contribution >= 4 is 30.2 Å². The maximum absolute atomic E-state index is 10.7. The summed E-state index contributed by atoms with van der Waals surface area (Å²) in [6.07, 6.45) is -0.118. The number of ether oxygens (including phenoxy) is 5. The minimum absolute atomic E-state index is 0. The molecule has 0 aliphatic heterocycles. The van der Waals surface area contributed by atoms with Gasteiger partial charge in [-0.2, -0.15) is 0 Å². The van der Waals surface area contributed by atoms with E-state index in [-0.39, 0.29) is 39.0 Å². The SMILES string of the molecule is C.CC(CO)COCP(C)(=O)O.CCCOCP(=O)(O)O.CCOCCOCP(=O)(O)O.CC[C@H](C)OCP(=O)(O)O. The van der Waals surface area contributed by atoms with E-state index in [1.54, 1.807) is 13.8 Å². The Bertz CT molecular complexity index is 762. The lowest BCUT2D eigenvalue weighted by molar-refractivity contribution is 0.0650. The van der Waals surface area contributed by atoms with E-state index in [0.29, 0.717) is 26.4 Å². The molecule has 0 aromatic heterocycles. The van der Waals surface area contributed by atoms with Gasteiger partial charge in [-0.1, -0.05) is 28.2 Å². The predicted molar refractivity (Wildman–Crippen MR) is 160 cm³/mol. The molecule has 0 aromatic carbocycles. The van der Waals surface area contributed by atoms with Gasteiger partial charge in [-0.15, -0.1) is 0 Å². The van der Waals surface area contributed by atoms with E-state index in [4.69, 9.17) is 53.6 Å². The number of rotatable bonds is 19. The zero-order chi connectivity index (χ0) is 33.2. The molecule has 0 heterocycles. The van der Waals surface area contributed by atoms with Crippen LogP contribution in [-0.2, 0) is 41.9 Å². The lowest BCUT2D eigenvalue weighted by atomic mass is 10.2. The fourth-order valence-electron chi connectivity index (χ4n) is 1.59. The van der Waals surface area contributed by atoms with Crippen molar-refractivity contribution in [1.82, 2.24) is 0 Å². The molecular weight excluding hydrogens is 648 g/mol. The van der Waals surface area contributed by atoms with Crippen molar-refractivity contribution in [2.45, 2.75) is 61.0 Å². The molecule has 0 aromatic rings. The van der Waals surface area contributed by atoms with Gasteiger partial charge in [-0.25, -0.2) is 0 Å². The van der Waals surface area contributed by atoms with Crippen LogP contribution in [-0.4, -0.2) is 117 Å². The van der Waals surface area contributed by atoms with E-state index in [2.05, 4.69) is 9.47 Å². The Morgan fingerprint density at radius 2 is 1.07 bits per heavy atom. The summed E-state index contributed by atoms with van der Waals surface area (Å²) in [4.78, 5) is 58.6. The van der Waals surface area contributed by atoms with E-state index in [1.165, 1.54) is 6.66 Å². The van der Waals surface area contributed by atoms with Crippen LogP contribution in [0.4, 0.5) is 0 Å². The van der Waals surface area contributed by atoms with Gasteiger partial charge in [0.2, 0.25) is 7.37 Å². The highest BCUT2D eigenvalue weighted by atomic mass is 31.2. The summed E-state index contributed by atoms with van der Waals surface area (Å²) in [5.41, 5.74) is 0. The monoisotopic (exact) mass is 704 g/mol. The van der Waals surface area contributed by atoms with Crippen molar-refractivity contribution in [3.05, 3.63) is 0 Å². The summed E-state index contributed by atoms with van der Waals surface area (Å²) in [7, 11) is -14.9. The van der Waals surface area contributed by atoms with Crippen molar-refractivity contribution in [2.24, 2.45) is 5.92 Å². The second-order valence-electron chi connectivity index (χ2n) is 8.62. The third kappa shape index (κ3) is 63.6. The largest absolute Gasteiger partial charge is 0.396 e. The van der Waals surface area contributed by atoms with Crippen LogP contribution in [0.25, 0.3) is 0 Å². The van der Waals surface area contributed by atoms with Crippen LogP contribution >= 0.6 is 30.2 Å². The Morgan fingerprint density at radius 3 is 1.40 bits per heavy atom. The summed E-state index contributed by atoms with van der Waals surface area (Å²) < 4.78 is 64.9. The lowest BCUT2D eigenvalue weighted by Crippen LogP contribution is -2.10. The molecule has 0 saturated heterocycles. The molecule has 17 nitrogen and oxygen atoms in total. The first kappa shape index (κ1) is 52.0.